The van der Waals surface area contributed by atoms with Crippen LogP contribution in [-0.4, -0.2) is 32.8 Å². The van der Waals surface area contributed by atoms with E-state index in [1.165, 1.54) is 0 Å². The molecule has 0 aliphatic carbocycles. The van der Waals surface area contributed by atoms with Crippen LogP contribution in [0.2, 0.25) is 0 Å². The molecule has 0 saturated heterocycles. The van der Waals surface area contributed by atoms with Gasteiger partial charge in [0.25, 0.3) is 5.91 Å². The second-order valence-corrected chi connectivity index (χ2v) is 7.73. The number of nitrogens with two attached hydrogens (primary N) is 1. The van der Waals surface area contributed by atoms with Gasteiger partial charge in [0, 0.05) is 16.3 Å². The summed E-state index contributed by atoms with van der Waals surface area (Å²) >= 11 is 0. The first kappa shape index (κ1) is 20.3. The average Bonchev–Trinajstić information content (AvgIpc) is 3.19. The van der Waals surface area contributed by atoms with Gasteiger partial charge in [0.15, 0.2) is 5.82 Å². The lowest BCUT2D eigenvalue weighted by Crippen LogP contribution is -2.40. The van der Waals surface area contributed by atoms with Gasteiger partial charge in [0.1, 0.15) is 17.6 Å². The first-order valence-corrected chi connectivity index (χ1v) is 10.1. The first-order valence-electron chi connectivity index (χ1n) is 10.1. The molecular formula is C23H24N6O2. The smallest absolute Gasteiger partial charge is 0.268 e. The van der Waals surface area contributed by atoms with Gasteiger partial charge >= 0.3 is 0 Å². The highest BCUT2D eigenvalue weighted by Crippen LogP contribution is 2.22. The van der Waals surface area contributed by atoms with Crippen molar-refractivity contribution in [1.29, 1.82) is 0 Å². The molecule has 158 valence electrons. The molecule has 2 amide bonds. The monoisotopic (exact) mass is 416 g/mol. The molecule has 0 unspecified atom stereocenters. The fourth-order valence-corrected chi connectivity index (χ4v) is 3.48. The first-order chi connectivity index (χ1) is 14.9. The van der Waals surface area contributed by atoms with Crippen LogP contribution in [0, 0.1) is 5.92 Å². The van der Waals surface area contributed by atoms with Gasteiger partial charge in [0.05, 0.1) is 12.1 Å². The molecule has 2 aromatic carbocycles. The lowest BCUT2D eigenvalue weighted by molar-refractivity contribution is -0.119. The molecule has 8 heteroatoms. The highest BCUT2D eigenvalue weighted by atomic mass is 16.2. The van der Waals surface area contributed by atoms with Crippen molar-refractivity contribution in [3.8, 4) is 0 Å². The largest absolute Gasteiger partial charge is 0.368 e. The third kappa shape index (κ3) is 4.32. The summed E-state index contributed by atoms with van der Waals surface area (Å²) < 4.78 is 0. The van der Waals surface area contributed by atoms with Crippen LogP contribution in [-0.2, 0) is 11.3 Å². The van der Waals surface area contributed by atoms with E-state index in [0.29, 0.717) is 22.9 Å². The number of benzene rings is 2. The van der Waals surface area contributed by atoms with Gasteiger partial charge in [-0.15, -0.1) is 0 Å². The SMILES string of the molecule is CC(C)[C@H](Nc1nc(CNC(=O)c2cc3ccccc3[nH]2)nc2ccccc12)C(N)=O. The molecule has 0 aliphatic heterocycles. The minimum atomic E-state index is -0.577. The molecule has 2 heterocycles. The van der Waals surface area contributed by atoms with Gasteiger partial charge in [-0.25, -0.2) is 9.97 Å². The number of rotatable bonds is 7. The van der Waals surface area contributed by atoms with E-state index in [0.717, 1.165) is 16.3 Å². The molecule has 0 aliphatic rings. The van der Waals surface area contributed by atoms with Gasteiger partial charge in [-0.05, 0) is 30.2 Å². The minimum absolute atomic E-state index is 0.0172. The average molecular weight is 416 g/mol. The van der Waals surface area contributed by atoms with Gasteiger partial charge in [0.2, 0.25) is 5.91 Å². The highest BCUT2D eigenvalue weighted by molar-refractivity contribution is 5.98. The van der Waals surface area contributed by atoms with E-state index in [-0.39, 0.29) is 18.4 Å². The predicted octanol–water partition coefficient (Wildman–Crippen LogP) is 2.96. The summed E-state index contributed by atoms with van der Waals surface area (Å²) in [4.78, 5) is 36.7. The fourth-order valence-electron chi connectivity index (χ4n) is 3.48. The maximum atomic E-state index is 12.6. The second-order valence-electron chi connectivity index (χ2n) is 7.73. The third-order valence-electron chi connectivity index (χ3n) is 5.10. The van der Waals surface area contributed by atoms with E-state index < -0.39 is 11.9 Å². The quantitative estimate of drug-likeness (QED) is 0.368. The molecular weight excluding hydrogens is 392 g/mol. The van der Waals surface area contributed by atoms with Crippen molar-refractivity contribution in [2.75, 3.05) is 5.32 Å². The number of aromatic amines is 1. The Labute approximate surface area is 179 Å². The summed E-state index contributed by atoms with van der Waals surface area (Å²) in [6.07, 6.45) is 0. The molecule has 31 heavy (non-hydrogen) atoms. The number of fused-ring (bicyclic) bond motifs is 2. The van der Waals surface area contributed by atoms with Crippen molar-refractivity contribution in [1.82, 2.24) is 20.3 Å². The summed E-state index contributed by atoms with van der Waals surface area (Å²) in [7, 11) is 0. The zero-order valence-electron chi connectivity index (χ0n) is 17.3. The number of hydrogen-bond donors (Lipinski definition) is 4. The van der Waals surface area contributed by atoms with E-state index in [4.69, 9.17) is 5.73 Å². The second kappa shape index (κ2) is 8.43. The van der Waals surface area contributed by atoms with Crippen LogP contribution < -0.4 is 16.4 Å². The Morgan fingerprint density at radius 1 is 1.06 bits per heavy atom. The molecule has 4 aromatic rings. The summed E-state index contributed by atoms with van der Waals surface area (Å²) in [6.45, 7) is 3.96. The molecule has 4 rings (SSSR count). The van der Waals surface area contributed by atoms with Crippen LogP contribution in [0.15, 0.2) is 54.6 Å². The van der Waals surface area contributed by atoms with E-state index in [9.17, 15) is 9.59 Å². The van der Waals surface area contributed by atoms with Crippen LogP contribution in [0.25, 0.3) is 21.8 Å². The van der Waals surface area contributed by atoms with E-state index in [2.05, 4.69) is 25.6 Å². The maximum Gasteiger partial charge on any atom is 0.268 e. The van der Waals surface area contributed by atoms with Gasteiger partial charge in [-0.1, -0.05) is 44.2 Å². The van der Waals surface area contributed by atoms with E-state index in [1.807, 2.05) is 62.4 Å². The third-order valence-corrected chi connectivity index (χ3v) is 5.10. The molecule has 8 nitrogen and oxygen atoms in total. The number of H-pyrrole nitrogens is 1. The predicted molar refractivity (Wildman–Crippen MR) is 120 cm³/mol. The zero-order chi connectivity index (χ0) is 22.0. The fraction of sp³-hybridized carbons (Fsp3) is 0.217. The molecule has 1 atom stereocenters. The molecule has 5 N–H and O–H groups in total. The molecule has 0 radical (unpaired) electrons. The molecule has 2 aromatic heterocycles. The summed E-state index contributed by atoms with van der Waals surface area (Å²) in [5, 5.41) is 7.75. The molecule has 0 bridgehead atoms. The number of carbonyl (C=O) groups excluding carboxylic acids is 2. The molecule has 0 fully saturated rings. The summed E-state index contributed by atoms with van der Waals surface area (Å²) in [6, 6.07) is 16.4. The van der Waals surface area contributed by atoms with Crippen molar-refractivity contribution in [3.63, 3.8) is 0 Å². The Kier molecular flexibility index (Phi) is 5.53. The lowest BCUT2D eigenvalue weighted by atomic mass is 10.0. The van der Waals surface area contributed by atoms with E-state index >= 15 is 0 Å². The summed E-state index contributed by atoms with van der Waals surface area (Å²) in [5.74, 6) is 0.220. The van der Waals surface area contributed by atoms with Gasteiger partial charge < -0.3 is 21.4 Å². The number of aromatic nitrogens is 3. The van der Waals surface area contributed by atoms with Crippen LogP contribution >= 0.6 is 0 Å². The standard InChI is InChI=1S/C23H24N6O2/c1-13(2)20(21(24)30)29-22-15-8-4-6-10-17(15)27-19(28-22)12-25-23(31)18-11-14-7-3-5-9-16(14)26-18/h3-11,13,20,26H,12H2,1-2H3,(H2,24,30)(H,25,31)(H,27,28,29)/t20-/m0/s1. The number of primary amides is 1. The topological polar surface area (TPSA) is 126 Å². The van der Waals surface area contributed by atoms with Gasteiger partial charge in [-0.2, -0.15) is 0 Å². The number of carbonyl (C=O) groups is 2. The summed E-state index contributed by atoms with van der Waals surface area (Å²) in [5.41, 5.74) is 7.63. The van der Waals surface area contributed by atoms with Crippen molar-refractivity contribution >= 4 is 39.4 Å². The normalized spacial score (nSPS) is 12.2. The number of anilines is 1. The zero-order valence-corrected chi connectivity index (χ0v) is 17.3. The van der Waals surface area contributed by atoms with Gasteiger partial charge in [-0.3, -0.25) is 9.59 Å². The van der Waals surface area contributed by atoms with Crippen molar-refractivity contribution in [2.24, 2.45) is 11.7 Å². The number of nitrogens with one attached hydrogen (secondary N) is 3. The lowest BCUT2D eigenvalue weighted by Gasteiger charge is -2.21. The Hall–Kier alpha value is -3.94. The molecule has 0 saturated carbocycles. The minimum Gasteiger partial charge on any atom is -0.368 e. The van der Waals surface area contributed by atoms with Crippen LogP contribution in [0.3, 0.4) is 0 Å². The Morgan fingerprint density at radius 2 is 1.81 bits per heavy atom. The van der Waals surface area contributed by atoms with Crippen molar-refractivity contribution < 1.29 is 9.59 Å². The van der Waals surface area contributed by atoms with E-state index in [1.54, 1.807) is 6.07 Å². The Balaban J connectivity index is 1.58. The maximum absolute atomic E-state index is 12.6. The van der Waals surface area contributed by atoms with Crippen LogP contribution in [0.1, 0.15) is 30.2 Å². The molecule has 0 spiro atoms. The number of nitrogens with zero attached hydrogens (tertiary/aromatic N) is 2. The van der Waals surface area contributed by atoms with Crippen molar-refractivity contribution in [3.05, 3.63) is 66.1 Å². The number of para-hydroxylation sites is 2. The Morgan fingerprint density at radius 3 is 2.55 bits per heavy atom. The number of hydrogen-bond acceptors (Lipinski definition) is 5. The Bertz CT molecular complexity index is 1230. The van der Waals surface area contributed by atoms with Crippen molar-refractivity contribution in [2.45, 2.75) is 26.4 Å². The number of amides is 2. The highest BCUT2D eigenvalue weighted by Gasteiger charge is 2.21. The van der Waals surface area contributed by atoms with Crippen LogP contribution in [0.4, 0.5) is 5.82 Å². The van der Waals surface area contributed by atoms with Crippen LogP contribution in [0.5, 0.6) is 0 Å².